The molecule has 0 fully saturated rings. The van der Waals surface area contributed by atoms with Gasteiger partial charge in [-0.05, 0) is 43.3 Å². The number of hydrogen-bond donors (Lipinski definition) is 2. The summed E-state index contributed by atoms with van der Waals surface area (Å²) in [5.74, 6) is 0. The summed E-state index contributed by atoms with van der Waals surface area (Å²) in [6.45, 7) is 2.66. The van der Waals surface area contributed by atoms with Crippen molar-refractivity contribution in [3.8, 4) is 0 Å². The number of nitrogens with one attached hydrogen (secondary N) is 1. The monoisotopic (exact) mass is 264 g/mol. The minimum Gasteiger partial charge on any atom is -0.330 e. The number of hydrogen-bond acceptors (Lipinski definition) is 4. The average Bonchev–Trinajstić information content (AvgIpc) is 2.65. The lowest BCUT2D eigenvalue weighted by molar-refractivity contribution is 0.765. The van der Waals surface area contributed by atoms with Crippen LogP contribution in [0.4, 0.5) is 0 Å². The molecule has 0 unspecified atom stereocenters. The molecular formula is C12H16N4OS. The van der Waals surface area contributed by atoms with Gasteiger partial charge in [-0.15, -0.1) is 5.10 Å². The highest BCUT2D eigenvalue weighted by Gasteiger charge is 2.09. The third kappa shape index (κ3) is 2.65. The van der Waals surface area contributed by atoms with Crippen LogP contribution in [-0.4, -0.2) is 21.3 Å². The van der Waals surface area contributed by atoms with Crippen LogP contribution < -0.4 is 11.4 Å². The van der Waals surface area contributed by atoms with Crippen molar-refractivity contribution >= 4 is 11.8 Å². The maximum Gasteiger partial charge on any atom is 0.343 e. The van der Waals surface area contributed by atoms with Crippen molar-refractivity contribution in [1.29, 1.82) is 0 Å². The van der Waals surface area contributed by atoms with Crippen LogP contribution in [0.15, 0.2) is 33.0 Å². The van der Waals surface area contributed by atoms with E-state index in [-0.39, 0.29) is 5.69 Å². The molecule has 0 spiro atoms. The molecule has 0 radical (unpaired) electrons. The topological polar surface area (TPSA) is 76.7 Å². The second-order valence-electron chi connectivity index (χ2n) is 4.12. The minimum atomic E-state index is -0.204. The Kier molecular flexibility index (Phi) is 3.88. The van der Waals surface area contributed by atoms with Crippen LogP contribution in [0.1, 0.15) is 11.1 Å². The molecule has 0 bridgehead atoms. The van der Waals surface area contributed by atoms with Gasteiger partial charge >= 0.3 is 5.69 Å². The lowest BCUT2D eigenvalue weighted by atomic mass is 10.1. The van der Waals surface area contributed by atoms with E-state index in [0.29, 0.717) is 11.7 Å². The van der Waals surface area contributed by atoms with E-state index < -0.39 is 0 Å². The van der Waals surface area contributed by atoms with Crippen LogP contribution in [0, 0.1) is 6.92 Å². The maximum absolute atomic E-state index is 11.3. The maximum atomic E-state index is 11.3. The fraction of sp³-hybridized carbons (Fsp3) is 0.333. The van der Waals surface area contributed by atoms with Crippen LogP contribution in [0.2, 0.25) is 0 Å². The zero-order chi connectivity index (χ0) is 13.1. The largest absolute Gasteiger partial charge is 0.343 e. The molecule has 2 aromatic rings. The van der Waals surface area contributed by atoms with Gasteiger partial charge in [0, 0.05) is 11.9 Å². The Morgan fingerprint density at radius 1 is 1.50 bits per heavy atom. The summed E-state index contributed by atoms with van der Waals surface area (Å²) in [6, 6.07) is 6.22. The third-order valence-electron chi connectivity index (χ3n) is 2.67. The van der Waals surface area contributed by atoms with Gasteiger partial charge in [0.15, 0.2) is 5.16 Å². The highest BCUT2D eigenvalue weighted by molar-refractivity contribution is 7.99. The van der Waals surface area contributed by atoms with Gasteiger partial charge in [0.1, 0.15) is 0 Å². The van der Waals surface area contributed by atoms with Gasteiger partial charge in [0.05, 0.1) is 0 Å². The van der Waals surface area contributed by atoms with Crippen molar-refractivity contribution in [3.63, 3.8) is 0 Å². The molecular weight excluding hydrogens is 248 g/mol. The van der Waals surface area contributed by atoms with Crippen LogP contribution in [-0.2, 0) is 13.5 Å². The van der Waals surface area contributed by atoms with Gasteiger partial charge in [-0.3, -0.25) is 4.57 Å². The summed E-state index contributed by atoms with van der Waals surface area (Å²) in [5, 5.41) is 7.08. The van der Waals surface area contributed by atoms with E-state index in [2.05, 4.69) is 23.2 Å². The van der Waals surface area contributed by atoms with Crippen molar-refractivity contribution in [2.24, 2.45) is 12.8 Å². The number of nitrogens with zero attached hydrogens (tertiary/aromatic N) is 2. The molecule has 5 nitrogen and oxygen atoms in total. The highest BCUT2D eigenvalue weighted by atomic mass is 32.2. The van der Waals surface area contributed by atoms with E-state index >= 15 is 0 Å². The van der Waals surface area contributed by atoms with E-state index in [1.54, 1.807) is 7.05 Å². The number of rotatable bonds is 4. The molecule has 6 heteroatoms. The molecule has 0 amide bonds. The summed E-state index contributed by atoms with van der Waals surface area (Å²) in [4.78, 5) is 12.4. The Morgan fingerprint density at radius 2 is 2.28 bits per heavy atom. The summed E-state index contributed by atoms with van der Waals surface area (Å²) in [7, 11) is 1.70. The van der Waals surface area contributed by atoms with Gasteiger partial charge < -0.3 is 5.73 Å². The number of H-pyrrole nitrogens is 1. The molecule has 18 heavy (non-hydrogen) atoms. The van der Waals surface area contributed by atoms with Gasteiger partial charge in [-0.2, -0.15) is 0 Å². The Hall–Kier alpha value is -1.53. The van der Waals surface area contributed by atoms with E-state index in [4.69, 9.17) is 5.73 Å². The van der Waals surface area contributed by atoms with Gasteiger partial charge in [-0.1, -0.05) is 17.7 Å². The Bertz CT molecular complexity index is 602. The van der Waals surface area contributed by atoms with Crippen LogP contribution >= 0.6 is 11.8 Å². The minimum absolute atomic E-state index is 0.204. The Balaban J connectivity index is 2.33. The van der Waals surface area contributed by atoms with Crippen LogP contribution in [0.5, 0.6) is 0 Å². The smallest absolute Gasteiger partial charge is 0.330 e. The number of aromatic nitrogens is 3. The third-order valence-corrected chi connectivity index (χ3v) is 3.84. The molecule has 0 aliphatic rings. The van der Waals surface area contributed by atoms with Crippen molar-refractivity contribution in [3.05, 3.63) is 39.8 Å². The first-order chi connectivity index (χ1) is 8.61. The Labute approximate surface area is 109 Å². The predicted molar refractivity (Wildman–Crippen MR) is 71.9 cm³/mol. The first-order valence-corrected chi connectivity index (χ1v) is 6.52. The second-order valence-corrected chi connectivity index (χ2v) is 5.13. The molecule has 0 saturated carbocycles. The normalized spacial score (nSPS) is 10.8. The standard InChI is InChI=1S/C12H16N4OS/c1-8-3-4-10(9(7-8)5-6-13)18-12-15-14-11(17)16(12)2/h3-4,7H,5-6,13H2,1-2H3,(H,14,17). The second kappa shape index (κ2) is 5.41. The number of aryl methyl sites for hydroxylation is 1. The average molecular weight is 264 g/mol. The fourth-order valence-corrected chi connectivity index (χ4v) is 2.62. The number of benzene rings is 1. The Morgan fingerprint density at radius 3 is 2.89 bits per heavy atom. The molecule has 1 aromatic heterocycles. The molecule has 0 aliphatic carbocycles. The van der Waals surface area contributed by atoms with Crippen molar-refractivity contribution in [2.75, 3.05) is 6.54 Å². The van der Waals surface area contributed by atoms with Crippen molar-refractivity contribution < 1.29 is 0 Å². The predicted octanol–water partition coefficient (Wildman–Crippen LogP) is 1.07. The van der Waals surface area contributed by atoms with E-state index in [9.17, 15) is 4.79 Å². The van der Waals surface area contributed by atoms with Gasteiger partial charge in [0.2, 0.25) is 0 Å². The zero-order valence-electron chi connectivity index (χ0n) is 10.4. The summed E-state index contributed by atoms with van der Waals surface area (Å²) in [6.07, 6.45) is 0.822. The summed E-state index contributed by atoms with van der Waals surface area (Å²) in [5.41, 5.74) is 7.82. The molecule has 2 rings (SSSR count). The van der Waals surface area contributed by atoms with E-state index in [1.165, 1.54) is 27.5 Å². The molecule has 0 atom stereocenters. The summed E-state index contributed by atoms with van der Waals surface area (Å²) >= 11 is 1.48. The van der Waals surface area contributed by atoms with Crippen molar-refractivity contribution in [2.45, 2.75) is 23.4 Å². The lowest BCUT2D eigenvalue weighted by Gasteiger charge is -2.08. The van der Waals surface area contributed by atoms with Gasteiger partial charge in [0.25, 0.3) is 0 Å². The van der Waals surface area contributed by atoms with E-state index in [0.717, 1.165) is 11.3 Å². The molecule has 96 valence electrons. The number of nitrogens with two attached hydrogens (primary N) is 1. The van der Waals surface area contributed by atoms with E-state index in [1.807, 2.05) is 12.1 Å². The first kappa shape index (κ1) is 12.9. The zero-order valence-corrected chi connectivity index (χ0v) is 11.3. The first-order valence-electron chi connectivity index (χ1n) is 5.70. The highest BCUT2D eigenvalue weighted by Crippen LogP contribution is 2.29. The molecule has 1 heterocycles. The number of aromatic amines is 1. The van der Waals surface area contributed by atoms with Gasteiger partial charge in [-0.25, -0.2) is 9.89 Å². The van der Waals surface area contributed by atoms with Crippen LogP contribution in [0.25, 0.3) is 0 Å². The quantitative estimate of drug-likeness (QED) is 0.866. The van der Waals surface area contributed by atoms with Crippen LogP contribution in [0.3, 0.4) is 0 Å². The molecule has 1 aromatic carbocycles. The van der Waals surface area contributed by atoms with Crippen molar-refractivity contribution in [1.82, 2.24) is 14.8 Å². The summed E-state index contributed by atoms with van der Waals surface area (Å²) < 4.78 is 1.50. The SMILES string of the molecule is Cc1ccc(Sc2n[nH]c(=O)n2C)c(CCN)c1. The molecule has 3 N–H and O–H groups in total. The fourth-order valence-electron chi connectivity index (χ4n) is 1.68. The molecule has 0 saturated heterocycles. The lowest BCUT2D eigenvalue weighted by Crippen LogP contribution is -2.12. The molecule has 0 aliphatic heterocycles.